The van der Waals surface area contributed by atoms with E-state index in [1.807, 2.05) is 0 Å². The summed E-state index contributed by atoms with van der Waals surface area (Å²) >= 11 is 7.60. The average Bonchev–Trinajstić information content (AvgIpc) is 1.14. The van der Waals surface area contributed by atoms with Crippen LogP contribution in [0.25, 0.3) is 0 Å². The fourth-order valence-electron chi connectivity index (χ4n) is 0.131. The standard InChI is InChI=1S/C2Cl2F4S/c3-1(4,5)9-2(6,7)8. The third-order valence-corrected chi connectivity index (χ3v) is 1.16. The van der Waals surface area contributed by atoms with Crippen molar-refractivity contribution in [3.8, 4) is 0 Å². The smallest absolute Gasteiger partial charge is 0.195 e. The molecule has 0 aliphatic rings. The van der Waals surface area contributed by atoms with Crippen LogP contribution in [0.3, 0.4) is 0 Å². The molecule has 0 fully saturated rings. The number of thioether (sulfide) groups is 1. The van der Waals surface area contributed by atoms with Crippen molar-refractivity contribution in [3.05, 3.63) is 0 Å². The van der Waals surface area contributed by atoms with Crippen molar-refractivity contribution in [1.29, 1.82) is 0 Å². The zero-order chi connectivity index (χ0) is 7.71. The topological polar surface area (TPSA) is 0 Å². The molecule has 0 unspecified atom stereocenters. The van der Waals surface area contributed by atoms with E-state index < -0.39 is 21.2 Å². The van der Waals surface area contributed by atoms with Crippen LogP contribution in [0.2, 0.25) is 0 Å². The third-order valence-electron chi connectivity index (χ3n) is 0.231. The second kappa shape index (κ2) is 2.72. The molecule has 0 saturated heterocycles. The van der Waals surface area contributed by atoms with E-state index >= 15 is 0 Å². The first-order chi connectivity index (χ1) is 3.71. The number of alkyl halides is 6. The van der Waals surface area contributed by atoms with Gasteiger partial charge >= 0.3 is 9.43 Å². The monoisotopic (exact) mass is 202 g/mol. The van der Waals surface area contributed by atoms with Crippen molar-refractivity contribution in [1.82, 2.24) is 0 Å². The molecule has 0 aromatic rings. The van der Waals surface area contributed by atoms with Crippen LogP contribution < -0.4 is 0 Å². The molecule has 56 valence electrons. The number of rotatable bonds is 1. The van der Waals surface area contributed by atoms with Gasteiger partial charge in [-0.05, 0) is 0 Å². The van der Waals surface area contributed by atoms with E-state index in [0.717, 1.165) is 0 Å². The summed E-state index contributed by atoms with van der Waals surface area (Å²) in [4.78, 5) is 0. The van der Waals surface area contributed by atoms with Gasteiger partial charge in [0.05, 0.1) is 0 Å². The molecular formula is C2Cl2F4S. The first-order valence-corrected chi connectivity index (χ1v) is 3.11. The Hall–Kier alpha value is 0.650. The summed E-state index contributed by atoms with van der Waals surface area (Å²) in [5, 5.41) is 0. The van der Waals surface area contributed by atoms with Crippen molar-refractivity contribution in [3.63, 3.8) is 0 Å². The average molecular weight is 203 g/mol. The highest BCUT2D eigenvalue weighted by Crippen LogP contribution is 2.46. The van der Waals surface area contributed by atoms with Crippen molar-refractivity contribution in [2.75, 3.05) is 0 Å². The molecule has 0 aliphatic heterocycles. The second-order valence-corrected chi connectivity index (χ2v) is 3.91. The Morgan fingerprint density at radius 2 is 1.33 bits per heavy atom. The summed E-state index contributed by atoms with van der Waals surface area (Å²) in [5.41, 5.74) is -4.74. The lowest BCUT2D eigenvalue weighted by molar-refractivity contribution is -0.0339. The largest absolute Gasteiger partial charge is 0.447 e. The summed E-state index contributed by atoms with van der Waals surface area (Å²) in [6.45, 7) is 0. The zero-order valence-electron chi connectivity index (χ0n) is 3.68. The molecule has 0 aliphatic carbocycles. The van der Waals surface area contributed by atoms with E-state index in [1.165, 1.54) is 0 Å². The van der Waals surface area contributed by atoms with E-state index in [-0.39, 0.29) is 0 Å². The van der Waals surface area contributed by atoms with Crippen molar-refractivity contribution in [2.45, 2.75) is 9.43 Å². The lowest BCUT2D eigenvalue weighted by atomic mass is 11.5. The predicted molar refractivity (Wildman–Crippen MR) is 29.2 cm³/mol. The van der Waals surface area contributed by atoms with Gasteiger partial charge in [-0.3, -0.25) is 0 Å². The van der Waals surface area contributed by atoms with Crippen LogP contribution in [0.4, 0.5) is 17.6 Å². The van der Waals surface area contributed by atoms with Crippen LogP contribution in [0.15, 0.2) is 0 Å². The molecule has 9 heavy (non-hydrogen) atoms. The predicted octanol–water partition coefficient (Wildman–Crippen LogP) is 3.30. The minimum Gasteiger partial charge on any atom is -0.195 e. The first kappa shape index (κ1) is 9.65. The molecule has 0 N–H and O–H groups in total. The van der Waals surface area contributed by atoms with Crippen LogP contribution in [0.1, 0.15) is 0 Å². The van der Waals surface area contributed by atoms with Gasteiger partial charge in [0.1, 0.15) is 0 Å². The maximum Gasteiger partial charge on any atom is 0.447 e. The Labute approximate surface area is 62.5 Å². The molecule has 0 rings (SSSR count). The van der Waals surface area contributed by atoms with E-state index in [0.29, 0.717) is 0 Å². The SMILES string of the molecule is FC(F)(F)SC(F)(Cl)Cl. The molecule has 0 radical (unpaired) electrons. The summed E-state index contributed by atoms with van der Waals surface area (Å²) in [6.07, 6.45) is 0. The Morgan fingerprint density at radius 1 is 1.00 bits per heavy atom. The Bertz CT molecular complexity index is 81.7. The fourth-order valence-corrected chi connectivity index (χ4v) is 0.919. The van der Waals surface area contributed by atoms with Gasteiger partial charge in [-0.2, -0.15) is 17.6 Å². The van der Waals surface area contributed by atoms with Crippen molar-refractivity contribution in [2.24, 2.45) is 0 Å². The van der Waals surface area contributed by atoms with Gasteiger partial charge in [-0.15, -0.1) is 0 Å². The van der Waals surface area contributed by atoms with Crippen molar-refractivity contribution < 1.29 is 17.6 Å². The second-order valence-electron chi connectivity index (χ2n) is 0.994. The molecule has 0 aromatic heterocycles. The van der Waals surface area contributed by atoms with Gasteiger partial charge in [-0.1, -0.05) is 23.2 Å². The molecule has 0 atom stereocenters. The molecule has 0 spiro atoms. The normalized spacial score (nSPS) is 14.0. The molecule has 7 heteroatoms. The summed E-state index contributed by atoms with van der Waals surface area (Å²) in [6, 6.07) is 0. The summed E-state index contributed by atoms with van der Waals surface area (Å²) in [5.74, 6) is 0. The maximum absolute atomic E-state index is 11.7. The van der Waals surface area contributed by atoms with Crippen LogP contribution >= 0.6 is 35.0 Å². The van der Waals surface area contributed by atoms with E-state index in [9.17, 15) is 17.6 Å². The number of hydrogen-bond donors (Lipinski definition) is 0. The number of halogens is 6. The molecule has 0 nitrogen and oxygen atoms in total. The maximum atomic E-state index is 11.7. The highest BCUT2D eigenvalue weighted by molar-refractivity contribution is 8.03. The number of hydrogen-bond acceptors (Lipinski definition) is 1. The minimum atomic E-state index is -4.74. The molecule has 0 aromatic carbocycles. The van der Waals surface area contributed by atoms with Gasteiger partial charge in [0.25, 0.3) is 0 Å². The van der Waals surface area contributed by atoms with Gasteiger partial charge in [0.2, 0.25) is 0 Å². The zero-order valence-corrected chi connectivity index (χ0v) is 6.00. The van der Waals surface area contributed by atoms with Crippen LogP contribution in [0.5, 0.6) is 0 Å². The van der Waals surface area contributed by atoms with E-state index in [4.69, 9.17) is 0 Å². The lowest BCUT2D eigenvalue weighted by Crippen LogP contribution is -2.09. The highest BCUT2D eigenvalue weighted by atomic mass is 35.5. The highest BCUT2D eigenvalue weighted by Gasteiger charge is 2.41. The van der Waals surface area contributed by atoms with Crippen LogP contribution in [-0.4, -0.2) is 9.43 Å². The lowest BCUT2D eigenvalue weighted by Gasteiger charge is -2.09. The van der Waals surface area contributed by atoms with Crippen molar-refractivity contribution >= 4 is 35.0 Å². The first-order valence-electron chi connectivity index (χ1n) is 1.54. The van der Waals surface area contributed by atoms with Gasteiger partial charge < -0.3 is 0 Å². The van der Waals surface area contributed by atoms with Gasteiger partial charge in [0.15, 0.2) is 0 Å². The van der Waals surface area contributed by atoms with Crippen LogP contribution in [0, 0.1) is 0 Å². The molecular weight excluding hydrogens is 203 g/mol. The van der Waals surface area contributed by atoms with Gasteiger partial charge in [-0.25, -0.2) is 0 Å². The molecule has 0 bridgehead atoms. The fraction of sp³-hybridized carbons (Fsp3) is 1.00. The summed E-state index contributed by atoms with van der Waals surface area (Å²) < 4.78 is 41.7. The third kappa shape index (κ3) is 8.65. The Balaban J connectivity index is 3.75. The van der Waals surface area contributed by atoms with Crippen LogP contribution in [-0.2, 0) is 0 Å². The Morgan fingerprint density at radius 3 is 1.33 bits per heavy atom. The molecule has 0 amide bonds. The molecule has 0 saturated carbocycles. The summed E-state index contributed by atoms with van der Waals surface area (Å²) in [7, 11) is 0. The van der Waals surface area contributed by atoms with E-state index in [1.54, 1.807) is 0 Å². The quantitative estimate of drug-likeness (QED) is 0.465. The van der Waals surface area contributed by atoms with Gasteiger partial charge in [0, 0.05) is 11.8 Å². The minimum absolute atomic E-state index is 1.12. The molecule has 0 heterocycles. The van der Waals surface area contributed by atoms with E-state index in [2.05, 4.69) is 23.2 Å². The Kier molecular flexibility index (Phi) is 2.91.